The number of fused-ring (bicyclic) bond motifs is 1. The lowest BCUT2D eigenvalue weighted by molar-refractivity contribution is 0.474. The smallest absolute Gasteiger partial charge is 0.124 e. The zero-order chi connectivity index (χ0) is 13.2. The van der Waals surface area contributed by atoms with Gasteiger partial charge in [0.05, 0.1) is 16.7 Å². The fourth-order valence-electron chi connectivity index (χ4n) is 1.95. The van der Waals surface area contributed by atoms with E-state index in [0.717, 1.165) is 22.5 Å². The van der Waals surface area contributed by atoms with Gasteiger partial charge in [-0.05, 0) is 37.3 Å². The molecule has 2 N–H and O–H groups in total. The molecule has 0 amide bonds. The predicted molar refractivity (Wildman–Crippen MR) is 76.2 cm³/mol. The van der Waals surface area contributed by atoms with Gasteiger partial charge in [0.15, 0.2) is 0 Å². The number of rotatable bonds is 2. The van der Waals surface area contributed by atoms with Crippen LogP contribution >= 0.6 is 0 Å². The Kier molecular flexibility index (Phi) is 2.76. The molecule has 4 nitrogen and oxygen atoms in total. The maximum atomic E-state index is 9.66. The van der Waals surface area contributed by atoms with Crippen molar-refractivity contribution in [2.24, 2.45) is 4.99 Å². The Labute approximate surface area is 110 Å². The molecule has 94 valence electrons. The van der Waals surface area contributed by atoms with E-state index < -0.39 is 0 Å². The van der Waals surface area contributed by atoms with E-state index in [1.807, 2.05) is 37.3 Å². The molecule has 0 unspecified atom stereocenters. The highest BCUT2D eigenvalue weighted by Gasteiger charge is 2.00. The number of aromatic amines is 1. The number of para-hydroxylation sites is 1. The zero-order valence-corrected chi connectivity index (χ0v) is 10.5. The minimum atomic E-state index is 0.227. The highest BCUT2D eigenvalue weighted by Crippen LogP contribution is 2.20. The first-order valence-electron chi connectivity index (χ1n) is 6.01. The molecule has 3 aromatic rings. The second kappa shape index (κ2) is 4.57. The van der Waals surface area contributed by atoms with Gasteiger partial charge >= 0.3 is 0 Å². The molecule has 3 rings (SSSR count). The van der Waals surface area contributed by atoms with E-state index in [9.17, 15) is 5.11 Å². The third-order valence-electron chi connectivity index (χ3n) is 2.87. The number of hydrogen-bond acceptors (Lipinski definition) is 3. The van der Waals surface area contributed by atoms with Gasteiger partial charge in [0.2, 0.25) is 0 Å². The molecule has 0 bridgehead atoms. The molecule has 0 radical (unpaired) electrons. The summed E-state index contributed by atoms with van der Waals surface area (Å²) in [5, 5.41) is 9.66. The van der Waals surface area contributed by atoms with E-state index in [1.54, 1.807) is 18.3 Å². The van der Waals surface area contributed by atoms with Crippen molar-refractivity contribution in [1.29, 1.82) is 0 Å². The van der Waals surface area contributed by atoms with Crippen LogP contribution in [0.2, 0.25) is 0 Å². The monoisotopic (exact) mass is 251 g/mol. The molecule has 19 heavy (non-hydrogen) atoms. The molecule has 0 atom stereocenters. The van der Waals surface area contributed by atoms with Crippen LogP contribution in [0.4, 0.5) is 5.69 Å². The standard InChI is InChI=1S/C15H13N3O/c1-10-17-13-7-6-12(8-14(13)18-10)16-9-11-4-2-3-5-15(11)19/h2-9,19H,1H3,(H,17,18). The lowest BCUT2D eigenvalue weighted by Gasteiger charge is -1.97. The summed E-state index contributed by atoms with van der Waals surface area (Å²) in [6.45, 7) is 1.92. The number of hydrogen-bond donors (Lipinski definition) is 2. The quantitative estimate of drug-likeness (QED) is 0.686. The van der Waals surface area contributed by atoms with Gasteiger partial charge in [0.1, 0.15) is 11.6 Å². The normalized spacial score (nSPS) is 11.4. The fraction of sp³-hybridized carbons (Fsp3) is 0.0667. The number of benzene rings is 2. The Balaban J connectivity index is 1.94. The largest absolute Gasteiger partial charge is 0.507 e. The third-order valence-corrected chi connectivity index (χ3v) is 2.87. The number of aromatic hydroxyl groups is 1. The molecule has 0 saturated heterocycles. The molecule has 0 aliphatic carbocycles. The zero-order valence-electron chi connectivity index (χ0n) is 10.5. The van der Waals surface area contributed by atoms with Crippen LogP contribution in [0.3, 0.4) is 0 Å². The van der Waals surface area contributed by atoms with E-state index >= 15 is 0 Å². The number of H-pyrrole nitrogens is 1. The summed E-state index contributed by atoms with van der Waals surface area (Å²) < 4.78 is 0. The van der Waals surface area contributed by atoms with E-state index in [4.69, 9.17) is 0 Å². The third kappa shape index (κ3) is 2.33. The van der Waals surface area contributed by atoms with Crippen molar-refractivity contribution in [2.75, 3.05) is 0 Å². The van der Waals surface area contributed by atoms with Gasteiger partial charge in [-0.25, -0.2) is 4.98 Å². The second-order valence-electron chi connectivity index (χ2n) is 4.34. The predicted octanol–water partition coefficient (Wildman–Crippen LogP) is 3.33. The summed E-state index contributed by atoms with van der Waals surface area (Å²) in [6, 6.07) is 12.9. The van der Waals surface area contributed by atoms with Crippen LogP contribution in [0.25, 0.3) is 11.0 Å². The molecule has 0 aliphatic heterocycles. The molecule has 1 aromatic heterocycles. The number of phenolic OH excluding ortho intramolecular Hbond substituents is 1. The number of nitrogens with zero attached hydrogens (tertiary/aromatic N) is 2. The van der Waals surface area contributed by atoms with Gasteiger partial charge in [-0.2, -0.15) is 0 Å². The first-order valence-corrected chi connectivity index (χ1v) is 6.01. The van der Waals surface area contributed by atoms with Crippen LogP contribution in [0, 0.1) is 6.92 Å². The van der Waals surface area contributed by atoms with E-state index in [0.29, 0.717) is 5.56 Å². The van der Waals surface area contributed by atoms with Crippen molar-refractivity contribution in [1.82, 2.24) is 9.97 Å². The lowest BCUT2D eigenvalue weighted by atomic mass is 10.2. The SMILES string of the molecule is Cc1nc2ccc(N=Cc3ccccc3O)cc2[nH]1. The maximum absolute atomic E-state index is 9.66. The molecule has 0 fully saturated rings. The average molecular weight is 251 g/mol. The summed E-state index contributed by atoms with van der Waals surface area (Å²) in [4.78, 5) is 11.9. The van der Waals surface area contributed by atoms with Crippen molar-refractivity contribution in [3.63, 3.8) is 0 Å². The van der Waals surface area contributed by atoms with Gasteiger partial charge in [0, 0.05) is 11.8 Å². The second-order valence-corrected chi connectivity index (χ2v) is 4.34. The topological polar surface area (TPSA) is 61.3 Å². The number of aromatic nitrogens is 2. The summed E-state index contributed by atoms with van der Waals surface area (Å²) in [7, 11) is 0. The summed E-state index contributed by atoms with van der Waals surface area (Å²) in [5.74, 6) is 1.11. The Bertz CT molecular complexity index is 759. The van der Waals surface area contributed by atoms with E-state index in [1.165, 1.54) is 0 Å². The Morgan fingerprint density at radius 1 is 1.21 bits per heavy atom. The van der Waals surface area contributed by atoms with Crippen LogP contribution in [-0.4, -0.2) is 21.3 Å². The van der Waals surface area contributed by atoms with Crippen molar-refractivity contribution in [3.8, 4) is 5.75 Å². The van der Waals surface area contributed by atoms with Gasteiger partial charge in [0.25, 0.3) is 0 Å². The molecular formula is C15H13N3O. The van der Waals surface area contributed by atoms with Crippen LogP contribution in [0.1, 0.15) is 11.4 Å². The van der Waals surface area contributed by atoms with E-state index in [2.05, 4.69) is 15.0 Å². The van der Waals surface area contributed by atoms with E-state index in [-0.39, 0.29) is 5.75 Å². The Morgan fingerprint density at radius 2 is 2.05 bits per heavy atom. The first-order chi connectivity index (χ1) is 9.22. The molecule has 2 aromatic carbocycles. The van der Waals surface area contributed by atoms with Crippen molar-refractivity contribution < 1.29 is 5.11 Å². The van der Waals surface area contributed by atoms with Crippen LogP contribution in [0.5, 0.6) is 5.75 Å². The summed E-state index contributed by atoms with van der Waals surface area (Å²) in [6.07, 6.45) is 1.65. The number of imidazole rings is 1. The Hall–Kier alpha value is -2.62. The molecular weight excluding hydrogens is 238 g/mol. The number of aliphatic imine (C=N–C) groups is 1. The van der Waals surface area contributed by atoms with Crippen LogP contribution < -0.4 is 0 Å². The molecule has 4 heteroatoms. The maximum Gasteiger partial charge on any atom is 0.124 e. The van der Waals surface area contributed by atoms with Crippen molar-refractivity contribution >= 4 is 22.9 Å². The van der Waals surface area contributed by atoms with Gasteiger partial charge in [-0.3, -0.25) is 4.99 Å². The fourth-order valence-corrected chi connectivity index (χ4v) is 1.95. The van der Waals surface area contributed by atoms with Crippen LogP contribution in [0.15, 0.2) is 47.5 Å². The van der Waals surface area contributed by atoms with Gasteiger partial charge in [-0.15, -0.1) is 0 Å². The summed E-state index contributed by atoms with van der Waals surface area (Å²) in [5.41, 5.74) is 3.41. The highest BCUT2D eigenvalue weighted by atomic mass is 16.3. The molecule has 0 aliphatic rings. The lowest BCUT2D eigenvalue weighted by Crippen LogP contribution is -1.80. The Morgan fingerprint density at radius 3 is 2.89 bits per heavy atom. The first kappa shape index (κ1) is 11.5. The average Bonchev–Trinajstić information content (AvgIpc) is 2.77. The van der Waals surface area contributed by atoms with Crippen molar-refractivity contribution in [3.05, 3.63) is 53.9 Å². The number of aryl methyl sites for hydroxylation is 1. The van der Waals surface area contributed by atoms with Crippen LogP contribution in [-0.2, 0) is 0 Å². The van der Waals surface area contributed by atoms with Gasteiger partial charge in [-0.1, -0.05) is 12.1 Å². The highest BCUT2D eigenvalue weighted by molar-refractivity contribution is 5.86. The number of nitrogens with one attached hydrogen (secondary N) is 1. The molecule has 0 saturated carbocycles. The molecule has 1 heterocycles. The van der Waals surface area contributed by atoms with Gasteiger partial charge < -0.3 is 10.1 Å². The minimum Gasteiger partial charge on any atom is -0.507 e. The summed E-state index contributed by atoms with van der Waals surface area (Å²) >= 11 is 0. The number of phenols is 1. The minimum absolute atomic E-state index is 0.227. The molecule has 0 spiro atoms. The van der Waals surface area contributed by atoms with Crippen molar-refractivity contribution in [2.45, 2.75) is 6.92 Å².